The van der Waals surface area contributed by atoms with Gasteiger partial charge in [-0.15, -0.1) is 11.3 Å². The van der Waals surface area contributed by atoms with Gasteiger partial charge in [-0.25, -0.2) is 4.98 Å². The van der Waals surface area contributed by atoms with Gasteiger partial charge in [0.05, 0.1) is 11.4 Å². The van der Waals surface area contributed by atoms with Crippen LogP contribution in [0.1, 0.15) is 36.5 Å². The Morgan fingerprint density at radius 2 is 2.25 bits per heavy atom. The van der Waals surface area contributed by atoms with E-state index in [1.165, 1.54) is 10.6 Å². The third-order valence-electron chi connectivity index (χ3n) is 2.97. The minimum absolute atomic E-state index is 0.560. The van der Waals surface area contributed by atoms with Crippen molar-refractivity contribution in [2.45, 2.75) is 46.7 Å². The number of hydrogen-bond donors (Lipinski definition) is 1. The molecule has 0 fully saturated rings. The van der Waals surface area contributed by atoms with Gasteiger partial charge >= 0.3 is 0 Å². The minimum atomic E-state index is 0.560. The Morgan fingerprint density at radius 3 is 2.94 bits per heavy atom. The molecule has 2 aromatic heterocycles. The summed E-state index contributed by atoms with van der Waals surface area (Å²) in [6.07, 6.45) is 3.33. The van der Waals surface area contributed by atoms with Gasteiger partial charge in [0.25, 0.3) is 0 Å². The summed E-state index contributed by atoms with van der Waals surface area (Å²) in [6.45, 7) is 9.53. The molecular weight excluding hydrogens is 218 g/mol. The van der Waals surface area contributed by atoms with E-state index >= 15 is 0 Å². The maximum atomic E-state index is 4.58. The Labute approximate surface area is 101 Å². The highest BCUT2D eigenvalue weighted by Crippen LogP contribution is 2.20. The molecule has 1 unspecified atom stereocenters. The van der Waals surface area contributed by atoms with Gasteiger partial charge < -0.3 is 5.32 Å². The fraction of sp³-hybridized carbons (Fsp3) is 0.583. The maximum Gasteiger partial charge on any atom is 0.194 e. The number of aromatic nitrogens is 2. The van der Waals surface area contributed by atoms with Crippen molar-refractivity contribution in [1.82, 2.24) is 14.7 Å². The van der Waals surface area contributed by atoms with E-state index in [1.807, 2.05) is 0 Å². The summed E-state index contributed by atoms with van der Waals surface area (Å²) in [5.41, 5.74) is 2.43. The summed E-state index contributed by atoms with van der Waals surface area (Å²) in [7, 11) is 0. The minimum Gasteiger partial charge on any atom is -0.309 e. The van der Waals surface area contributed by atoms with Crippen molar-refractivity contribution in [2.75, 3.05) is 0 Å². The molecule has 16 heavy (non-hydrogen) atoms. The van der Waals surface area contributed by atoms with Gasteiger partial charge in [-0.2, -0.15) is 0 Å². The molecule has 2 heterocycles. The Bertz CT molecular complexity index is 484. The molecule has 0 saturated carbocycles. The van der Waals surface area contributed by atoms with Crippen molar-refractivity contribution in [2.24, 2.45) is 0 Å². The van der Waals surface area contributed by atoms with Gasteiger partial charge in [-0.05, 0) is 27.2 Å². The van der Waals surface area contributed by atoms with Gasteiger partial charge in [0.1, 0.15) is 0 Å². The number of rotatable bonds is 4. The normalized spacial score (nSPS) is 13.5. The molecule has 2 aromatic rings. The van der Waals surface area contributed by atoms with Crippen LogP contribution in [0.3, 0.4) is 0 Å². The molecule has 2 rings (SSSR count). The van der Waals surface area contributed by atoms with Crippen LogP contribution in [0, 0.1) is 13.8 Å². The van der Waals surface area contributed by atoms with Crippen LogP contribution in [0.25, 0.3) is 4.96 Å². The lowest BCUT2D eigenvalue weighted by molar-refractivity contribution is 0.527. The summed E-state index contributed by atoms with van der Waals surface area (Å²) in [5, 5.41) is 3.52. The van der Waals surface area contributed by atoms with Crippen LogP contribution in [0.4, 0.5) is 0 Å². The smallest absolute Gasteiger partial charge is 0.194 e. The Kier molecular flexibility index (Phi) is 3.30. The number of imidazole rings is 1. The average Bonchev–Trinajstić information content (AvgIpc) is 2.71. The quantitative estimate of drug-likeness (QED) is 0.886. The first kappa shape index (κ1) is 11.6. The number of thiazole rings is 1. The van der Waals surface area contributed by atoms with E-state index in [0.29, 0.717) is 6.04 Å². The van der Waals surface area contributed by atoms with Crippen LogP contribution in [-0.2, 0) is 6.54 Å². The Morgan fingerprint density at radius 1 is 1.50 bits per heavy atom. The highest BCUT2D eigenvalue weighted by Gasteiger charge is 2.11. The van der Waals surface area contributed by atoms with Crippen molar-refractivity contribution >= 4 is 16.3 Å². The lowest BCUT2D eigenvalue weighted by atomic mass is 10.2. The molecule has 0 amide bonds. The molecule has 3 nitrogen and oxygen atoms in total. The topological polar surface area (TPSA) is 29.3 Å². The molecule has 1 N–H and O–H groups in total. The van der Waals surface area contributed by atoms with Crippen molar-refractivity contribution in [3.63, 3.8) is 0 Å². The Balaban J connectivity index is 2.24. The van der Waals surface area contributed by atoms with E-state index in [9.17, 15) is 0 Å². The summed E-state index contributed by atoms with van der Waals surface area (Å²) in [6, 6.07) is 0.560. The lowest BCUT2D eigenvalue weighted by Gasteiger charge is -2.10. The van der Waals surface area contributed by atoms with Crippen LogP contribution in [0.5, 0.6) is 0 Å². The molecule has 0 aromatic carbocycles. The number of nitrogens with one attached hydrogen (secondary N) is 1. The van der Waals surface area contributed by atoms with Gasteiger partial charge in [-0.3, -0.25) is 4.40 Å². The van der Waals surface area contributed by atoms with Crippen LogP contribution >= 0.6 is 11.3 Å². The number of fused-ring (bicyclic) bond motifs is 1. The van der Waals surface area contributed by atoms with Crippen molar-refractivity contribution < 1.29 is 0 Å². The van der Waals surface area contributed by atoms with E-state index in [1.54, 1.807) is 11.3 Å². The predicted molar refractivity (Wildman–Crippen MR) is 69.1 cm³/mol. The van der Waals surface area contributed by atoms with E-state index in [-0.39, 0.29) is 0 Å². The fourth-order valence-electron chi connectivity index (χ4n) is 1.74. The van der Waals surface area contributed by atoms with E-state index in [0.717, 1.165) is 23.6 Å². The first-order valence-electron chi connectivity index (χ1n) is 5.79. The second-order valence-corrected chi connectivity index (χ2v) is 5.54. The Hall–Kier alpha value is -0.870. The third kappa shape index (κ3) is 2.13. The van der Waals surface area contributed by atoms with E-state index < -0.39 is 0 Å². The lowest BCUT2D eigenvalue weighted by Crippen LogP contribution is -2.25. The summed E-state index contributed by atoms with van der Waals surface area (Å²) in [4.78, 5) is 7.00. The highest BCUT2D eigenvalue weighted by atomic mass is 32.1. The number of hydrogen-bond acceptors (Lipinski definition) is 3. The van der Waals surface area contributed by atoms with E-state index in [4.69, 9.17) is 0 Å². The number of nitrogens with zero attached hydrogens (tertiary/aromatic N) is 2. The highest BCUT2D eigenvalue weighted by molar-refractivity contribution is 7.17. The third-order valence-corrected chi connectivity index (χ3v) is 3.87. The molecule has 1 atom stereocenters. The number of aryl methyl sites for hydroxylation is 2. The molecule has 4 heteroatoms. The zero-order valence-electron chi connectivity index (χ0n) is 10.4. The van der Waals surface area contributed by atoms with Crippen molar-refractivity contribution in [3.8, 4) is 0 Å². The van der Waals surface area contributed by atoms with Gasteiger partial charge in [0, 0.05) is 23.7 Å². The first-order valence-corrected chi connectivity index (χ1v) is 6.60. The fourth-order valence-corrected chi connectivity index (χ4v) is 2.63. The summed E-state index contributed by atoms with van der Waals surface area (Å²) < 4.78 is 2.21. The standard InChI is InChI=1S/C12H19N3S/c1-5-8(2)13-6-11-10(4)14-12-15(11)7-9(3)16-12/h7-8,13H,5-6H2,1-4H3. The molecule has 0 bridgehead atoms. The second kappa shape index (κ2) is 4.55. The summed E-state index contributed by atoms with van der Waals surface area (Å²) in [5.74, 6) is 0. The first-order chi connectivity index (χ1) is 7.61. The summed E-state index contributed by atoms with van der Waals surface area (Å²) >= 11 is 1.75. The molecule has 0 aliphatic heterocycles. The van der Waals surface area contributed by atoms with Crippen LogP contribution in [0.15, 0.2) is 6.20 Å². The molecular formula is C12H19N3S. The molecule has 0 aliphatic carbocycles. The van der Waals surface area contributed by atoms with E-state index in [2.05, 4.69) is 48.6 Å². The van der Waals surface area contributed by atoms with Crippen LogP contribution in [-0.4, -0.2) is 15.4 Å². The van der Waals surface area contributed by atoms with Gasteiger partial charge in [0.15, 0.2) is 4.96 Å². The zero-order valence-corrected chi connectivity index (χ0v) is 11.2. The van der Waals surface area contributed by atoms with Gasteiger partial charge in [-0.1, -0.05) is 6.92 Å². The van der Waals surface area contributed by atoms with Crippen molar-refractivity contribution in [3.05, 3.63) is 22.5 Å². The van der Waals surface area contributed by atoms with Crippen molar-refractivity contribution in [1.29, 1.82) is 0 Å². The molecule has 0 aliphatic rings. The maximum absolute atomic E-state index is 4.58. The monoisotopic (exact) mass is 237 g/mol. The van der Waals surface area contributed by atoms with Gasteiger partial charge in [0.2, 0.25) is 0 Å². The van der Waals surface area contributed by atoms with Crippen LogP contribution < -0.4 is 5.32 Å². The molecule has 0 saturated heterocycles. The largest absolute Gasteiger partial charge is 0.309 e. The van der Waals surface area contributed by atoms with Crippen LogP contribution in [0.2, 0.25) is 0 Å². The SMILES string of the molecule is CCC(C)NCc1c(C)nc2sc(C)cn12. The zero-order chi connectivity index (χ0) is 11.7. The molecule has 0 spiro atoms. The second-order valence-electron chi connectivity index (χ2n) is 4.33. The molecule has 88 valence electrons. The predicted octanol–water partition coefficient (Wildman–Crippen LogP) is 2.90. The molecule has 0 radical (unpaired) electrons. The average molecular weight is 237 g/mol.